The van der Waals surface area contributed by atoms with Crippen LogP contribution in [-0.4, -0.2) is 40.2 Å². The Morgan fingerprint density at radius 2 is 1.67 bits per heavy atom. The number of ether oxygens (including phenoxy) is 2. The lowest BCUT2D eigenvalue weighted by Crippen LogP contribution is -2.13. The number of hydrogen-bond acceptors (Lipinski definition) is 7. The number of benzene rings is 3. The van der Waals surface area contributed by atoms with E-state index in [1.165, 1.54) is 6.07 Å². The van der Waals surface area contributed by atoms with Crippen LogP contribution in [0.3, 0.4) is 0 Å². The molecule has 1 heterocycles. The van der Waals surface area contributed by atoms with E-state index < -0.39 is 11.9 Å². The van der Waals surface area contributed by atoms with Crippen molar-refractivity contribution in [3.8, 4) is 11.5 Å². The summed E-state index contributed by atoms with van der Waals surface area (Å²) in [4.78, 5) is 33.7. The zero-order valence-electron chi connectivity index (χ0n) is 16.4. The third kappa shape index (κ3) is 3.02. The first-order valence-electron chi connectivity index (χ1n) is 9.45. The fraction of sp³-hybridized carbons (Fsp3) is 0.182. The Morgan fingerprint density at radius 1 is 1.00 bits per heavy atom. The number of esters is 1. The lowest BCUT2D eigenvalue weighted by molar-refractivity contribution is 0.0522. The number of primary amides is 1. The first-order valence-corrected chi connectivity index (χ1v) is 9.45. The molecule has 152 valence electrons. The van der Waals surface area contributed by atoms with Crippen LogP contribution in [0.25, 0.3) is 32.8 Å². The topological polar surface area (TPSA) is 125 Å². The molecule has 1 aromatic heterocycles. The highest BCUT2D eigenvalue weighted by molar-refractivity contribution is 6.19. The number of rotatable bonds is 5. The van der Waals surface area contributed by atoms with Crippen LogP contribution in [0.4, 0.5) is 0 Å². The Hall–Kier alpha value is -3.94. The number of nitrogens with two attached hydrogens (primary N) is 1. The molecule has 1 amide bonds. The van der Waals surface area contributed by atoms with Crippen molar-refractivity contribution < 1.29 is 24.2 Å². The summed E-state index contributed by atoms with van der Waals surface area (Å²) in [5.41, 5.74) is 6.99. The molecule has 0 atom stereocenters. The van der Waals surface area contributed by atoms with Crippen molar-refractivity contribution in [3.63, 3.8) is 0 Å². The van der Waals surface area contributed by atoms with Gasteiger partial charge in [0.1, 0.15) is 28.1 Å². The Balaban J connectivity index is 2.13. The molecule has 0 aliphatic rings. The maximum Gasteiger partial charge on any atom is 0.341 e. The van der Waals surface area contributed by atoms with Gasteiger partial charge in [0.2, 0.25) is 0 Å². The number of carbonyl (C=O) groups is 2. The Labute approximate surface area is 171 Å². The molecule has 0 aliphatic heterocycles. The molecular weight excluding hydrogens is 386 g/mol. The van der Waals surface area contributed by atoms with Crippen LogP contribution in [0.2, 0.25) is 0 Å². The summed E-state index contributed by atoms with van der Waals surface area (Å²) in [6.07, 6.45) is 0. The van der Waals surface area contributed by atoms with Gasteiger partial charge in [0, 0.05) is 16.8 Å². The smallest absolute Gasteiger partial charge is 0.341 e. The summed E-state index contributed by atoms with van der Waals surface area (Å²) in [6, 6.07) is 10.1. The lowest BCUT2D eigenvalue weighted by atomic mass is 10.0. The molecule has 8 heteroatoms. The second-order valence-electron chi connectivity index (χ2n) is 6.54. The molecule has 0 aliphatic carbocycles. The van der Waals surface area contributed by atoms with Gasteiger partial charge >= 0.3 is 5.97 Å². The van der Waals surface area contributed by atoms with Gasteiger partial charge in [0.05, 0.1) is 29.8 Å². The van der Waals surface area contributed by atoms with E-state index in [1.54, 1.807) is 44.2 Å². The quantitative estimate of drug-likeness (QED) is 0.296. The maximum absolute atomic E-state index is 12.4. The molecule has 30 heavy (non-hydrogen) atoms. The summed E-state index contributed by atoms with van der Waals surface area (Å²) in [6.45, 7) is 4.07. The minimum absolute atomic E-state index is 0.121. The SMILES string of the molecule is CCOC(=O)c1cc2nc3c(C(N)=O)c(O)c4ccccc4c3nc2cc1OCC. The predicted molar refractivity (Wildman–Crippen MR) is 112 cm³/mol. The van der Waals surface area contributed by atoms with Crippen LogP contribution >= 0.6 is 0 Å². The summed E-state index contributed by atoms with van der Waals surface area (Å²) in [5.74, 6) is -1.30. The van der Waals surface area contributed by atoms with Gasteiger partial charge in [-0.25, -0.2) is 14.8 Å². The van der Waals surface area contributed by atoms with Gasteiger partial charge in [-0.1, -0.05) is 24.3 Å². The third-order valence-corrected chi connectivity index (χ3v) is 4.72. The highest BCUT2D eigenvalue weighted by atomic mass is 16.5. The van der Waals surface area contributed by atoms with Gasteiger partial charge in [0.15, 0.2) is 0 Å². The van der Waals surface area contributed by atoms with E-state index in [9.17, 15) is 14.7 Å². The lowest BCUT2D eigenvalue weighted by Gasteiger charge is -2.13. The predicted octanol–water partition coefficient (Wildman–Crippen LogP) is 3.32. The summed E-state index contributed by atoms with van der Waals surface area (Å²) < 4.78 is 10.7. The molecule has 4 rings (SSSR count). The third-order valence-electron chi connectivity index (χ3n) is 4.72. The van der Waals surface area contributed by atoms with Gasteiger partial charge in [-0.2, -0.15) is 0 Å². The molecule has 4 aromatic rings. The minimum Gasteiger partial charge on any atom is -0.506 e. The monoisotopic (exact) mass is 405 g/mol. The van der Waals surface area contributed by atoms with Crippen molar-refractivity contribution >= 4 is 44.7 Å². The van der Waals surface area contributed by atoms with Crippen molar-refractivity contribution in [1.82, 2.24) is 9.97 Å². The molecule has 0 radical (unpaired) electrons. The maximum atomic E-state index is 12.4. The molecule has 3 N–H and O–H groups in total. The second-order valence-corrected chi connectivity index (χ2v) is 6.54. The van der Waals surface area contributed by atoms with E-state index in [2.05, 4.69) is 9.97 Å². The van der Waals surface area contributed by atoms with Gasteiger partial charge in [0.25, 0.3) is 5.91 Å². The summed E-state index contributed by atoms with van der Waals surface area (Å²) in [5, 5.41) is 11.7. The van der Waals surface area contributed by atoms with E-state index in [0.717, 1.165) is 0 Å². The Bertz CT molecular complexity index is 1330. The van der Waals surface area contributed by atoms with Crippen molar-refractivity contribution in [2.75, 3.05) is 13.2 Å². The first kappa shape index (κ1) is 19.4. The standard InChI is InChI=1S/C22H19N3O5/c1-3-29-16-10-15-14(9-13(16)22(28)30-4-2)25-19-17(21(23)27)20(26)12-8-6-5-7-11(12)18(19)24-15/h5-10,26H,3-4H2,1-2H3,(H2,23,27). The number of fused-ring (bicyclic) bond motifs is 4. The normalized spacial score (nSPS) is 11.1. The van der Waals surface area contributed by atoms with Crippen LogP contribution in [0.1, 0.15) is 34.6 Å². The fourth-order valence-corrected chi connectivity index (χ4v) is 3.47. The van der Waals surface area contributed by atoms with Crippen molar-refractivity contribution in [1.29, 1.82) is 0 Å². The van der Waals surface area contributed by atoms with Crippen molar-refractivity contribution in [2.45, 2.75) is 13.8 Å². The number of aromatic nitrogens is 2. The van der Waals surface area contributed by atoms with Gasteiger partial charge in [-0.3, -0.25) is 4.79 Å². The van der Waals surface area contributed by atoms with Crippen LogP contribution in [0, 0.1) is 0 Å². The zero-order valence-corrected chi connectivity index (χ0v) is 16.4. The van der Waals surface area contributed by atoms with Gasteiger partial charge < -0.3 is 20.3 Å². The van der Waals surface area contributed by atoms with Gasteiger partial charge in [-0.05, 0) is 19.9 Å². The van der Waals surface area contributed by atoms with Crippen LogP contribution in [-0.2, 0) is 4.74 Å². The largest absolute Gasteiger partial charge is 0.506 e. The zero-order chi connectivity index (χ0) is 21.4. The minimum atomic E-state index is -0.826. The first-order chi connectivity index (χ1) is 14.5. The summed E-state index contributed by atoms with van der Waals surface area (Å²) >= 11 is 0. The highest BCUT2D eigenvalue weighted by Crippen LogP contribution is 2.37. The number of phenols is 1. The number of aromatic hydroxyl groups is 1. The highest BCUT2D eigenvalue weighted by Gasteiger charge is 2.22. The van der Waals surface area contributed by atoms with Crippen molar-refractivity contribution in [2.24, 2.45) is 5.73 Å². The summed E-state index contributed by atoms with van der Waals surface area (Å²) in [7, 11) is 0. The van der Waals surface area contributed by atoms with E-state index >= 15 is 0 Å². The molecular formula is C22H19N3O5. The Morgan fingerprint density at radius 3 is 2.33 bits per heavy atom. The molecule has 0 saturated carbocycles. The van der Waals surface area contributed by atoms with Crippen LogP contribution in [0.15, 0.2) is 36.4 Å². The molecule has 0 fully saturated rings. The molecule has 8 nitrogen and oxygen atoms in total. The van der Waals surface area contributed by atoms with E-state index in [-0.39, 0.29) is 29.0 Å². The number of amides is 1. The van der Waals surface area contributed by atoms with Crippen LogP contribution in [0.5, 0.6) is 11.5 Å². The molecule has 0 bridgehead atoms. The van der Waals surface area contributed by atoms with Crippen molar-refractivity contribution in [3.05, 3.63) is 47.5 Å². The average Bonchev–Trinajstić information content (AvgIpc) is 2.73. The molecule has 0 unspecified atom stereocenters. The number of nitrogens with zero attached hydrogens (tertiary/aromatic N) is 2. The number of hydrogen-bond donors (Lipinski definition) is 2. The second kappa shape index (κ2) is 7.47. The molecule has 3 aromatic carbocycles. The van der Waals surface area contributed by atoms with E-state index in [0.29, 0.717) is 39.7 Å². The Kier molecular flexibility index (Phi) is 4.83. The number of carbonyl (C=O) groups excluding carboxylic acids is 2. The molecule has 0 spiro atoms. The van der Waals surface area contributed by atoms with Gasteiger partial charge in [-0.15, -0.1) is 0 Å². The fourth-order valence-electron chi connectivity index (χ4n) is 3.47. The van der Waals surface area contributed by atoms with Crippen LogP contribution < -0.4 is 10.5 Å². The molecule has 0 saturated heterocycles. The average molecular weight is 405 g/mol. The van der Waals surface area contributed by atoms with E-state index in [1.807, 2.05) is 0 Å². The van der Waals surface area contributed by atoms with E-state index in [4.69, 9.17) is 15.2 Å².